The lowest BCUT2D eigenvalue weighted by molar-refractivity contribution is -0.169. The molecule has 0 aliphatic carbocycles. The van der Waals surface area contributed by atoms with Gasteiger partial charge >= 0.3 is 0 Å². The minimum absolute atomic E-state index is 0.308. The molecule has 20 heavy (non-hydrogen) atoms. The molecule has 0 amide bonds. The van der Waals surface area contributed by atoms with Crippen molar-refractivity contribution in [2.24, 2.45) is 0 Å². The van der Waals surface area contributed by atoms with Crippen molar-refractivity contribution < 1.29 is 9.47 Å². The highest BCUT2D eigenvalue weighted by Gasteiger charge is 2.39. The van der Waals surface area contributed by atoms with Crippen LogP contribution < -0.4 is 4.90 Å². The average molecular weight is 273 g/mol. The molecule has 4 heterocycles. The van der Waals surface area contributed by atoms with Crippen LogP contribution in [0.25, 0.3) is 11.0 Å². The minimum Gasteiger partial charge on any atom is -0.370 e. The van der Waals surface area contributed by atoms with Crippen LogP contribution in [-0.4, -0.2) is 42.1 Å². The fraction of sp³-hybridized carbons (Fsp3) is 0.533. The summed E-state index contributed by atoms with van der Waals surface area (Å²) in [5.41, 5.74) is 3.39. The van der Waals surface area contributed by atoms with Gasteiger partial charge in [-0.2, -0.15) is 0 Å². The summed E-state index contributed by atoms with van der Waals surface area (Å²) in [5, 5.41) is 1.20. The highest BCUT2D eigenvalue weighted by Crippen LogP contribution is 2.33. The molecule has 2 aliphatic rings. The second-order valence-corrected chi connectivity index (χ2v) is 5.66. The number of anilines is 1. The Kier molecular flexibility index (Phi) is 2.72. The largest absolute Gasteiger partial charge is 0.370 e. The fourth-order valence-electron chi connectivity index (χ4n) is 3.19. The molecule has 4 rings (SSSR count). The molecule has 0 bridgehead atoms. The number of nitrogens with zero attached hydrogens (tertiary/aromatic N) is 2. The highest BCUT2D eigenvalue weighted by molar-refractivity contribution is 5.82. The number of piperidine rings is 1. The molecule has 1 spiro atoms. The molecule has 0 saturated carbocycles. The Hall–Kier alpha value is -1.59. The Bertz CT molecular complexity index is 621. The number of ether oxygens (including phenoxy) is 2. The number of aryl methyl sites for hydroxylation is 1. The molecule has 2 aromatic heterocycles. The number of hydrogen-bond donors (Lipinski definition) is 1. The van der Waals surface area contributed by atoms with Gasteiger partial charge in [0.1, 0.15) is 5.65 Å². The van der Waals surface area contributed by atoms with Crippen molar-refractivity contribution in [3.8, 4) is 0 Å². The lowest BCUT2D eigenvalue weighted by atomic mass is 10.0. The first-order chi connectivity index (χ1) is 9.76. The molecular weight excluding hydrogens is 254 g/mol. The average Bonchev–Trinajstić information content (AvgIpc) is 3.08. The minimum atomic E-state index is -0.308. The monoisotopic (exact) mass is 273 g/mol. The molecule has 2 aliphatic heterocycles. The van der Waals surface area contributed by atoms with E-state index < -0.39 is 0 Å². The fourth-order valence-corrected chi connectivity index (χ4v) is 3.19. The number of aromatic amines is 1. The number of fused-ring (bicyclic) bond motifs is 1. The van der Waals surface area contributed by atoms with Gasteiger partial charge in [0.25, 0.3) is 0 Å². The standard InChI is InChI=1S/C15H19N3O2/c1-11-9-16-14-13(11)8-12(10-17-14)18-4-2-15(3-5-18)19-6-7-20-15/h8-10H,2-7H2,1H3,(H,16,17). The predicted molar refractivity (Wildman–Crippen MR) is 76.9 cm³/mol. The van der Waals surface area contributed by atoms with Crippen LogP contribution in [0.3, 0.4) is 0 Å². The molecule has 2 fully saturated rings. The van der Waals surface area contributed by atoms with Crippen molar-refractivity contribution in [3.05, 3.63) is 24.0 Å². The molecule has 5 nitrogen and oxygen atoms in total. The van der Waals surface area contributed by atoms with Gasteiger partial charge in [-0.15, -0.1) is 0 Å². The molecule has 1 N–H and O–H groups in total. The van der Waals surface area contributed by atoms with Gasteiger partial charge in [-0.1, -0.05) is 0 Å². The van der Waals surface area contributed by atoms with Crippen LogP contribution >= 0.6 is 0 Å². The lowest BCUT2D eigenvalue weighted by Crippen LogP contribution is -2.45. The Morgan fingerprint density at radius 2 is 2.00 bits per heavy atom. The third kappa shape index (κ3) is 1.89. The van der Waals surface area contributed by atoms with Gasteiger partial charge in [0.2, 0.25) is 0 Å². The summed E-state index contributed by atoms with van der Waals surface area (Å²) >= 11 is 0. The summed E-state index contributed by atoms with van der Waals surface area (Å²) in [6, 6.07) is 2.22. The van der Waals surface area contributed by atoms with Crippen molar-refractivity contribution in [2.75, 3.05) is 31.2 Å². The van der Waals surface area contributed by atoms with Crippen LogP contribution in [0.5, 0.6) is 0 Å². The third-order valence-electron chi connectivity index (χ3n) is 4.43. The first-order valence-electron chi connectivity index (χ1n) is 7.22. The maximum absolute atomic E-state index is 5.77. The van der Waals surface area contributed by atoms with Gasteiger partial charge in [-0.25, -0.2) is 4.98 Å². The van der Waals surface area contributed by atoms with E-state index in [0.717, 1.165) is 44.8 Å². The van der Waals surface area contributed by atoms with Crippen LogP contribution in [0.15, 0.2) is 18.5 Å². The normalized spacial score (nSPS) is 21.9. The van der Waals surface area contributed by atoms with Crippen molar-refractivity contribution >= 4 is 16.7 Å². The molecule has 5 heteroatoms. The summed E-state index contributed by atoms with van der Waals surface area (Å²) in [7, 11) is 0. The SMILES string of the molecule is Cc1c[nH]c2ncc(N3CCC4(CC3)OCCO4)cc12. The smallest absolute Gasteiger partial charge is 0.171 e. The number of H-pyrrole nitrogens is 1. The molecule has 2 saturated heterocycles. The number of nitrogens with one attached hydrogen (secondary N) is 1. The van der Waals surface area contributed by atoms with Crippen LogP contribution in [0.2, 0.25) is 0 Å². The van der Waals surface area contributed by atoms with Gasteiger partial charge in [0, 0.05) is 37.5 Å². The number of rotatable bonds is 1. The second kappa shape index (κ2) is 4.46. The molecule has 0 aromatic carbocycles. The van der Waals surface area contributed by atoms with Gasteiger partial charge in [0.05, 0.1) is 25.1 Å². The quantitative estimate of drug-likeness (QED) is 0.865. The van der Waals surface area contributed by atoms with Crippen LogP contribution in [0.1, 0.15) is 18.4 Å². The first kappa shape index (κ1) is 12.2. The van der Waals surface area contributed by atoms with Gasteiger partial charge < -0.3 is 19.4 Å². The zero-order valence-corrected chi connectivity index (χ0v) is 11.7. The summed E-state index contributed by atoms with van der Waals surface area (Å²) in [4.78, 5) is 10.1. The van der Waals surface area contributed by atoms with E-state index in [0.29, 0.717) is 0 Å². The summed E-state index contributed by atoms with van der Waals surface area (Å²) in [6.45, 7) is 5.48. The van der Waals surface area contributed by atoms with Gasteiger partial charge in [-0.05, 0) is 18.6 Å². The van der Waals surface area contributed by atoms with Crippen LogP contribution in [0.4, 0.5) is 5.69 Å². The predicted octanol–water partition coefficient (Wildman–Crippen LogP) is 2.21. The van der Waals surface area contributed by atoms with E-state index in [1.165, 1.54) is 16.6 Å². The summed E-state index contributed by atoms with van der Waals surface area (Å²) < 4.78 is 11.5. The van der Waals surface area contributed by atoms with Crippen molar-refractivity contribution in [3.63, 3.8) is 0 Å². The third-order valence-corrected chi connectivity index (χ3v) is 4.43. The molecule has 106 valence electrons. The van der Waals surface area contributed by atoms with Crippen molar-refractivity contribution in [1.82, 2.24) is 9.97 Å². The van der Waals surface area contributed by atoms with E-state index >= 15 is 0 Å². The van der Waals surface area contributed by atoms with E-state index in [9.17, 15) is 0 Å². The summed E-state index contributed by atoms with van der Waals surface area (Å²) in [5.74, 6) is -0.308. The van der Waals surface area contributed by atoms with Gasteiger partial charge in [-0.3, -0.25) is 0 Å². The first-order valence-corrected chi connectivity index (χ1v) is 7.22. The van der Waals surface area contributed by atoms with E-state index in [-0.39, 0.29) is 5.79 Å². The van der Waals surface area contributed by atoms with Crippen molar-refractivity contribution in [1.29, 1.82) is 0 Å². The second-order valence-electron chi connectivity index (χ2n) is 5.66. The Labute approximate surface area is 117 Å². The van der Waals surface area contributed by atoms with E-state index in [1.807, 2.05) is 12.4 Å². The van der Waals surface area contributed by atoms with Crippen molar-refractivity contribution in [2.45, 2.75) is 25.6 Å². The molecule has 0 atom stereocenters. The summed E-state index contributed by atoms with van der Waals surface area (Å²) in [6.07, 6.45) is 5.81. The molecule has 2 aromatic rings. The van der Waals surface area contributed by atoms with Crippen LogP contribution in [0, 0.1) is 6.92 Å². The molecule has 0 radical (unpaired) electrons. The number of pyridine rings is 1. The maximum Gasteiger partial charge on any atom is 0.171 e. The Morgan fingerprint density at radius 3 is 2.75 bits per heavy atom. The zero-order valence-electron chi connectivity index (χ0n) is 11.7. The Morgan fingerprint density at radius 1 is 1.25 bits per heavy atom. The Balaban J connectivity index is 1.56. The number of aromatic nitrogens is 2. The molecular formula is C15H19N3O2. The zero-order chi connectivity index (χ0) is 13.6. The molecule has 0 unspecified atom stereocenters. The van der Waals surface area contributed by atoms with E-state index in [2.05, 4.69) is 27.9 Å². The van der Waals surface area contributed by atoms with Crippen LogP contribution in [-0.2, 0) is 9.47 Å². The topological polar surface area (TPSA) is 50.4 Å². The lowest BCUT2D eigenvalue weighted by Gasteiger charge is -2.38. The maximum atomic E-state index is 5.77. The number of hydrogen-bond acceptors (Lipinski definition) is 4. The van der Waals surface area contributed by atoms with E-state index in [1.54, 1.807) is 0 Å². The van der Waals surface area contributed by atoms with E-state index in [4.69, 9.17) is 9.47 Å². The highest BCUT2D eigenvalue weighted by atomic mass is 16.7. The van der Waals surface area contributed by atoms with Gasteiger partial charge in [0.15, 0.2) is 5.79 Å².